The van der Waals surface area contributed by atoms with E-state index < -0.39 is 17.7 Å². The van der Waals surface area contributed by atoms with Gasteiger partial charge in [0.15, 0.2) is 0 Å². The smallest absolute Gasteiger partial charge is 0.404 e. The van der Waals surface area contributed by atoms with Crippen molar-refractivity contribution in [2.45, 2.75) is 42.8 Å². The monoisotopic (exact) mass is 371 g/mol. The van der Waals surface area contributed by atoms with Crippen LogP contribution in [0.5, 0.6) is 0 Å². The zero-order chi connectivity index (χ0) is 18.6. The molecule has 2 aromatic rings. The van der Waals surface area contributed by atoms with Gasteiger partial charge >= 0.3 is 6.09 Å². The molecule has 0 atom stereocenters. The van der Waals surface area contributed by atoms with Crippen molar-refractivity contribution < 1.29 is 23.4 Å². The van der Waals surface area contributed by atoms with Crippen LogP contribution in [0.2, 0.25) is 0 Å². The second kappa shape index (κ2) is 8.30. The third-order valence-corrected chi connectivity index (χ3v) is 4.42. The van der Waals surface area contributed by atoms with Gasteiger partial charge in [-0.1, -0.05) is 25.6 Å². The highest BCUT2D eigenvalue weighted by molar-refractivity contribution is 7.99. The van der Waals surface area contributed by atoms with Crippen molar-refractivity contribution in [3.05, 3.63) is 41.4 Å². The fourth-order valence-electron chi connectivity index (χ4n) is 2.27. The van der Waals surface area contributed by atoms with Crippen molar-refractivity contribution in [2.24, 2.45) is 5.73 Å². The molecule has 1 heterocycles. The molecule has 1 aromatic carbocycles. The van der Waals surface area contributed by atoms with Crippen LogP contribution in [0.3, 0.4) is 0 Å². The molecule has 0 aliphatic carbocycles. The highest BCUT2D eigenvalue weighted by atomic mass is 32.2. The number of hydrogen-bond acceptors (Lipinski definition) is 5. The number of carbonyl (C=O) groups excluding carboxylic acids is 1. The molecule has 0 saturated heterocycles. The van der Waals surface area contributed by atoms with Crippen molar-refractivity contribution in [2.75, 3.05) is 6.61 Å². The minimum Gasteiger partial charge on any atom is -0.448 e. The van der Waals surface area contributed by atoms with Crippen LogP contribution in [-0.4, -0.2) is 27.4 Å². The largest absolute Gasteiger partial charge is 0.448 e. The van der Waals surface area contributed by atoms with E-state index in [1.807, 2.05) is 13.8 Å². The van der Waals surface area contributed by atoms with Gasteiger partial charge in [0.05, 0.1) is 12.2 Å². The summed E-state index contributed by atoms with van der Waals surface area (Å²) in [7, 11) is 0. The van der Waals surface area contributed by atoms with Gasteiger partial charge in [-0.2, -0.15) is 0 Å². The Balaban J connectivity index is 2.41. The van der Waals surface area contributed by atoms with Crippen LogP contribution >= 0.6 is 11.8 Å². The van der Waals surface area contributed by atoms with E-state index in [1.54, 1.807) is 4.57 Å². The van der Waals surface area contributed by atoms with Crippen molar-refractivity contribution in [1.29, 1.82) is 0 Å². The fourth-order valence-corrected chi connectivity index (χ4v) is 3.53. The number of ether oxygens (including phenoxy) is 1. The maximum Gasteiger partial charge on any atom is 0.404 e. The summed E-state index contributed by atoms with van der Waals surface area (Å²) >= 11 is 1.13. The van der Waals surface area contributed by atoms with E-state index in [0.717, 1.165) is 17.8 Å². The number of aliphatic hydroxyl groups excluding tert-OH is 1. The number of nitrogens with two attached hydrogens (primary N) is 1. The first kappa shape index (κ1) is 19.2. The van der Waals surface area contributed by atoms with E-state index in [-0.39, 0.29) is 25.7 Å². The number of aromatic nitrogens is 2. The molecule has 0 radical (unpaired) electrons. The number of halogens is 2. The van der Waals surface area contributed by atoms with Crippen LogP contribution in [0, 0.1) is 11.6 Å². The molecular formula is C16H19F2N3O3S. The second-order valence-corrected chi connectivity index (χ2v) is 6.62. The first-order valence-corrected chi connectivity index (χ1v) is 8.39. The topological polar surface area (TPSA) is 90.4 Å². The highest BCUT2D eigenvalue weighted by Crippen LogP contribution is 2.35. The molecule has 0 aliphatic rings. The maximum absolute atomic E-state index is 13.5. The molecule has 1 aromatic heterocycles. The van der Waals surface area contributed by atoms with Crippen LogP contribution in [0.15, 0.2) is 28.1 Å². The average molecular weight is 371 g/mol. The Morgan fingerprint density at radius 3 is 2.52 bits per heavy atom. The molecule has 0 unspecified atom stereocenters. The van der Waals surface area contributed by atoms with E-state index in [4.69, 9.17) is 10.5 Å². The summed E-state index contributed by atoms with van der Waals surface area (Å²) in [4.78, 5) is 15.5. The normalized spacial score (nSPS) is 11.1. The lowest BCUT2D eigenvalue weighted by Crippen LogP contribution is -2.18. The number of imidazole rings is 1. The number of aliphatic hydroxyl groups is 1. The minimum absolute atomic E-state index is 0.0126. The Bertz CT molecular complexity index is 745. The Labute approximate surface area is 148 Å². The number of nitrogens with zero attached hydrogens (tertiary/aromatic N) is 2. The summed E-state index contributed by atoms with van der Waals surface area (Å²) in [5, 5.41) is 10.2. The van der Waals surface area contributed by atoms with Crippen LogP contribution in [-0.2, 0) is 17.9 Å². The zero-order valence-corrected chi connectivity index (χ0v) is 14.6. The van der Waals surface area contributed by atoms with Gasteiger partial charge < -0.3 is 20.1 Å². The van der Waals surface area contributed by atoms with Crippen molar-refractivity contribution in [3.8, 4) is 0 Å². The molecule has 0 saturated carbocycles. The first-order chi connectivity index (χ1) is 11.8. The van der Waals surface area contributed by atoms with E-state index in [9.17, 15) is 18.7 Å². The standard InChI is InChI=1S/C16H19F2N3O3S/c1-9(2)14-15(25-12-6-10(17)5-11(18)7-12)21(13(8-22)20-14)3-4-24-16(19)23/h5-7,9,22H,3-4,8H2,1-2H3,(H2,19,23). The highest BCUT2D eigenvalue weighted by Gasteiger charge is 2.20. The molecule has 136 valence electrons. The van der Waals surface area contributed by atoms with E-state index in [2.05, 4.69) is 4.98 Å². The number of carbonyl (C=O) groups is 1. The summed E-state index contributed by atoms with van der Waals surface area (Å²) in [6.45, 7) is 3.71. The summed E-state index contributed by atoms with van der Waals surface area (Å²) in [6.07, 6.45) is -0.906. The third-order valence-electron chi connectivity index (χ3n) is 3.32. The van der Waals surface area contributed by atoms with Crippen molar-refractivity contribution >= 4 is 17.9 Å². The summed E-state index contributed by atoms with van der Waals surface area (Å²) < 4.78 is 33.3. The predicted molar refractivity (Wildman–Crippen MR) is 88.3 cm³/mol. The fraction of sp³-hybridized carbons (Fsp3) is 0.375. The van der Waals surface area contributed by atoms with Gasteiger partial charge in [0.2, 0.25) is 0 Å². The van der Waals surface area contributed by atoms with Crippen LogP contribution < -0.4 is 5.73 Å². The molecule has 1 amide bonds. The molecule has 0 spiro atoms. The molecule has 6 nitrogen and oxygen atoms in total. The van der Waals surface area contributed by atoms with Gasteiger partial charge in [-0.25, -0.2) is 18.6 Å². The molecule has 25 heavy (non-hydrogen) atoms. The molecule has 3 N–H and O–H groups in total. The summed E-state index contributed by atoms with van der Waals surface area (Å²) in [5.41, 5.74) is 5.63. The third kappa shape index (κ3) is 4.93. The second-order valence-electron chi connectivity index (χ2n) is 5.56. The zero-order valence-electron chi connectivity index (χ0n) is 13.8. The molecule has 2 rings (SSSR count). The first-order valence-electron chi connectivity index (χ1n) is 7.58. The number of rotatable bonds is 7. The summed E-state index contributed by atoms with van der Waals surface area (Å²) in [5.74, 6) is -0.973. The Hall–Kier alpha value is -2.13. The molecule has 9 heteroatoms. The quantitative estimate of drug-likeness (QED) is 0.781. The number of primary amides is 1. The van der Waals surface area contributed by atoms with Crippen LogP contribution in [0.25, 0.3) is 0 Å². The van der Waals surface area contributed by atoms with Gasteiger partial charge in [-0.15, -0.1) is 0 Å². The van der Waals surface area contributed by atoms with E-state index >= 15 is 0 Å². The lowest BCUT2D eigenvalue weighted by molar-refractivity contribution is 0.150. The van der Waals surface area contributed by atoms with Gasteiger partial charge in [0.25, 0.3) is 0 Å². The maximum atomic E-state index is 13.5. The van der Waals surface area contributed by atoms with Crippen molar-refractivity contribution in [3.63, 3.8) is 0 Å². The van der Waals surface area contributed by atoms with E-state index in [1.165, 1.54) is 12.1 Å². The molecule has 0 aliphatic heterocycles. The number of hydrogen-bond donors (Lipinski definition) is 2. The van der Waals surface area contributed by atoms with Gasteiger partial charge in [-0.05, 0) is 18.1 Å². The van der Waals surface area contributed by atoms with Gasteiger partial charge in [0.1, 0.15) is 35.7 Å². The molecular weight excluding hydrogens is 352 g/mol. The summed E-state index contributed by atoms with van der Waals surface area (Å²) in [6, 6.07) is 3.23. The van der Waals surface area contributed by atoms with Crippen molar-refractivity contribution in [1.82, 2.24) is 9.55 Å². The number of amides is 1. The lowest BCUT2D eigenvalue weighted by Gasteiger charge is -2.13. The van der Waals surface area contributed by atoms with Crippen LogP contribution in [0.1, 0.15) is 31.3 Å². The average Bonchev–Trinajstić information content (AvgIpc) is 2.84. The van der Waals surface area contributed by atoms with Gasteiger partial charge in [-0.3, -0.25) is 0 Å². The minimum atomic E-state index is -0.906. The Morgan fingerprint density at radius 1 is 1.36 bits per heavy atom. The van der Waals surface area contributed by atoms with Crippen LogP contribution in [0.4, 0.5) is 13.6 Å². The molecule has 0 bridgehead atoms. The van der Waals surface area contributed by atoms with E-state index in [0.29, 0.717) is 21.4 Å². The molecule has 0 fully saturated rings. The Kier molecular flexibility index (Phi) is 6.38. The SMILES string of the molecule is CC(C)c1nc(CO)n(CCOC(N)=O)c1Sc1cc(F)cc(F)c1. The lowest BCUT2D eigenvalue weighted by atomic mass is 10.1. The number of benzene rings is 1. The predicted octanol–water partition coefficient (Wildman–Crippen LogP) is 3.02. The Morgan fingerprint density at radius 2 is 2.00 bits per heavy atom. The van der Waals surface area contributed by atoms with Gasteiger partial charge in [0, 0.05) is 11.0 Å².